The second kappa shape index (κ2) is 5.38. The summed E-state index contributed by atoms with van der Waals surface area (Å²) in [5, 5.41) is 3.96. The normalized spacial score (nSPS) is 20.1. The molecule has 1 fully saturated rings. The number of benzene rings is 1. The lowest BCUT2D eigenvalue weighted by Gasteiger charge is -2.13. The topological polar surface area (TPSA) is 32.3 Å². The van der Waals surface area contributed by atoms with Crippen molar-refractivity contribution in [1.82, 2.24) is 10.2 Å². The summed E-state index contributed by atoms with van der Waals surface area (Å²) in [6, 6.07) is 5.70. The highest BCUT2D eigenvalue weighted by molar-refractivity contribution is 9.10. The van der Waals surface area contributed by atoms with E-state index in [9.17, 15) is 4.79 Å². The van der Waals surface area contributed by atoms with Gasteiger partial charge < -0.3 is 10.2 Å². The lowest BCUT2D eigenvalue weighted by atomic mass is 10.2. The first kappa shape index (κ1) is 12.9. The van der Waals surface area contributed by atoms with Crippen molar-refractivity contribution >= 4 is 33.4 Å². The molecule has 1 atom stereocenters. The standard InChI is InChI=1S/C12H14BrClN2O/c1-16-5-4-11(12(16)17)15-7-8-2-3-9(13)6-10(8)14/h2-3,6,11,15H,4-5,7H2,1H3. The Morgan fingerprint density at radius 1 is 1.59 bits per heavy atom. The monoisotopic (exact) mass is 316 g/mol. The van der Waals surface area contributed by atoms with Crippen molar-refractivity contribution in [3.05, 3.63) is 33.3 Å². The Bertz CT molecular complexity index is 439. The maximum Gasteiger partial charge on any atom is 0.239 e. The summed E-state index contributed by atoms with van der Waals surface area (Å²) in [7, 11) is 1.83. The van der Waals surface area contributed by atoms with Gasteiger partial charge in [0.1, 0.15) is 0 Å². The third-order valence-electron chi connectivity index (χ3n) is 2.98. The molecular weight excluding hydrogens is 304 g/mol. The van der Waals surface area contributed by atoms with Gasteiger partial charge in [-0.3, -0.25) is 4.79 Å². The van der Waals surface area contributed by atoms with Crippen LogP contribution in [-0.2, 0) is 11.3 Å². The van der Waals surface area contributed by atoms with Crippen LogP contribution in [0.4, 0.5) is 0 Å². The van der Waals surface area contributed by atoms with Gasteiger partial charge in [0, 0.05) is 29.6 Å². The second-order valence-electron chi connectivity index (χ2n) is 4.22. The van der Waals surface area contributed by atoms with Gasteiger partial charge in [-0.25, -0.2) is 0 Å². The fraction of sp³-hybridized carbons (Fsp3) is 0.417. The Kier molecular flexibility index (Phi) is 4.07. The minimum atomic E-state index is -0.0697. The Hall–Kier alpha value is -0.580. The first-order chi connectivity index (χ1) is 8.08. The van der Waals surface area contributed by atoms with Gasteiger partial charge >= 0.3 is 0 Å². The lowest BCUT2D eigenvalue weighted by molar-refractivity contribution is -0.128. The number of carbonyl (C=O) groups is 1. The molecule has 0 radical (unpaired) electrons. The number of nitrogens with zero attached hydrogens (tertiary/aromatic N) is 1. The zero-order valence-electron chi connectivity index (χ0n) is 9.54. The molecule has 1 aromatic carbocycles. The summed E-state index contributed by atoms with van der Waals surface area (Å²) < 4.78 is 0.961. The summed E-state index contributed by atoms with van der Waals surface area (Å²) in [4.78, 5) is 13.4. The first-order valence-corrected chi connectivity index (χ1v) is 6.67. The van der Waals surface area contributed by atoms with Gasteiger partial charge in [0.2, 0.25) is 5.91 Å². The number of halogens is 2. The number of hydrogen-bond donors (Lipinski definition) is 1. The van der Waals surface area contributed by atoms with Crippen LogP contribution in [0, 0.1) is 0 Å². The molecule has 0 aliphatic carbocycles. The van der Waals surface area contributed by atoms with E-state index in [2.05, 4.69) is 21.2 Å². The highest BCUT2D eigenvalue weighted by atomic mass is 79.9. The van der Waals surface area contributed by atoms with Crippen LogP contribution in [-0.4, -0.2) is 30.4 Å². The fourth-order valence-corrected chi connectivity index (χ4v) is 2.65. The minimum absolute atomic E-state index is 0.0697. The lowest BCUT2D eigenvalue weighted by Crippen LogP contribution is -2.36. The average molecular weight is 318 g/mol. The van der Waals surface area contributed by atoms with Crippen LogP contribution in [0.15, 0.2) is 22.7 Å². The number of likely N-dealkylation sites (tertiary alicyclic amines) is 1. The van der Waals surface area contributed by atoms with Crippen LogP contribution in [0.25, 0.3) is 0 Å². The van der Waals surface area contributed by atoms with Crippen molar-refractivity contribution < 1.29 is 4.79 Å². The molecule has 1 amide bonds. The van der Waals surface area contributed by atoms with E-state index in [1.807, 2.05) is 25.2 Å². The fourth-order valence-electron chi connectivity index (χ4n) is 1.91. The van der Waals surface area contributed by atoms with Crippen LogP contribution in [0.5, 0.6) is 0 Å². The van der Waals surface area contributed by atoms with Gasteiger partial charge in [0.05, 0.1) is 6.04 Å². The summed E-state index contributed by atoms with van der Waals surface area (Å²) in [6.07, 6.45) is 0.865. The molecule has 1 saturated heterocycles. The highest BCUT2D eigenvalue weighted by Crippen LogP contribution is 2.21. The zero-order valence-corrected chi connectivity index (χ0v) is 11.9. The van der Waals surface area contributed by atoms with Gasteiger partial charge in [0.15, 0.2) is 0 Å². The Labute approximate surface area is 114 Å². The second-order valence-corrected chi connectivity index (χ2v) is 5.54. The zero-order chi connectivity index (χ0) is 12.4. The van der Waals surface area contributed by atoms with Crippen LogP contribution < -0.4 is 5.32 Å². The molecule has 0 aromatic heterocycles. The number of nitrogens with one attached hydrogen (secondary N) is 1. The number of hydrogen-bond acceptors (Lipinski definition) is 2. The van der Waals surface area contributed by atoms with Gasteiger partial charge in [-0.2, -0.15) is 0 Å². The van der Waals surface area contributed by atoms with Crippen molar-refractivity contribution in [1.29, 1.82) is 0 Å². The van der Waals surface area contributed by atoms with E-state index in [1.54, 1.807) is 4.90 Å². The third kappa shape index (κ3) is 3.00. The number of amides is 1. The molecular formula is C12H14BrClN2O. The predicted octanol–water partition coefficient (Wildman–Crippen LogP) is 2.42. The van der Waals surface area contributed by atoms with E-state index >= 15 is 0 Å². The van der Waals surface area contributed by atoms with Gasteiger partial charge in [-0.15, -0.1) is 0 Å². The quantitative estimate of drug-likeness (QED) is 0.928. The molecule has 17 heavy (non-hydrogen) atoms. The molecule has 1 heterocycles. The molecule has 92 valence electrons. The maximum atomic E-state index is 11.7. The first-order valence-electron chi connectivity index (χ1n) is 5.50. The summed E-state index contributed by atoms with van der Waals surface area (Å²) in [5.41, 5.74) is 1.01. The van der Waals surface area contributed by atoms with E-state index in [1.165, 1.54) is 0 Å². The van der Waals surface area contributed by atoms with Crippen molar-refractivity contribution in [2.45, 2.75) is 19.0 Å². The van der Waals surface area contributed by atoms with Crippen LogP contribution in [0.3, 0.4) is 0 Å². The third-order valence-corrected chi connectivity index (χ3v) is 3.83. The Balaban J connectivity index is 1.96. The predicted molar refractivity (Wildman–Crippen MR) is 72.0 cm³/mol. The Morgan fingerprint density at radius 3 is 2.94 bits per heavy atom. The summed E-state index contributed by atoms with van der Waals surface area (Å²) in [5.74, 6) is 0.165. The maximum absolute atomic E-state index is 11.7. The van der Waals surface area contributed by atoms with Crippen molar-refractivity contribution in [3.63, 3.8) is 0 Å². The van der Waals surface area contributed by atoms with Crippen molar-refractivity contribution in [2.24, 2.45) is 0 Å². The number of likely N-dealkylation sites (N-methyl/N-ethyl adjacent to an activating group) is 1. The Morgan fingerprint density at radius 2 is 2.35 bits per heavy atom. The molecule has 0 saturated carbocycles. The smallest absolute Gasteiger partial charge is 0.239 e. The van der Waals surface area contributed by atoms with E-state index in [0.29, 0.717) is 11.6 Å². The van der Waals surface area contributed by atoms with Crippen LogP contribution >= 0.6 is 27.5 Å². The van der Waals surface area contributed by atoms with E-state index in [-0.39, 0.29) is 11.9 Å². The van der Waals surface area contributed by atoms with E-state index in [4.69, 9.17) is 11.6 Å². The molecule has 1 aromatic rings. The molecule has 2 rings (SSSR count). The molecule has 1 aliphatic heterocycles. The average Bonchev–Trinajstić information content (AvgIpc) is 2.59. The minimum Gasteiger partial charge on any atom is -0.344 e. The van der Waals surface area contributed by atoms with Crippen molar-refractivity contribution in [3.8, 4) is 0 Å². The number of rotatable bonds is 3. The summed E-state index contributed by atoms with van der Waals surface area (Å²) >= 11 is 9.48. The molecule has 5 heteroatoms. The van der Waals surface area contributed by atoms with E-state index < -0.39 is 0 Å². The molecule has 1 unspecified atom stereocenters. The van der Waals surface area contributed by atoms with Gasteiger partial charge in [-0.1, -0.05) is 33.6 Å². The summed E-state index contributed by atoms with van der Waals surface area (Å²) in [6.45, 7) is 1.45. The van der Waals surface area contributed by atoms with Crippen molar-refractivity contribution in [2.75, 3.05) is 13.6 Å². The molecule has 0 bridgehead atoms. The van der Waals surface area contributed by atoms with E-state index in [0.717, 1.165) is 23.0 Å². The van der Waals surface area contributed by atoms with Crippen LogP contribution in [0.2, 0.25) is 5.02 Å². The SMILES string of the molecule is CN1CCC(NCc2ccc(Br)cc2Cl)C1=O. The van der Waals surface area contributed by atoms with Gasteiger partial charge in [0.25, 0.3) is 0 Å². The highest BCUT2D eigenvalue weighted by Gasteiger charge is 2.28. The van der Waals surface area contributed by atoms with Crippen LogP contribution in [0.1, 0.15) is 12.0 Å². The van der Waals surface area contributed by atoms with Gasteiger partial charge in [-0.05, 0) is 24.1 Å². The number of carbonyl (C=O) groups excluding carboxylic acids is 1. The largest absolute Gasteiger partial charge is 0.344 e. The molecule has 3 nitrogen and oxygen atoms in total. The molecule has 0 spiro atoms. The molecule has 1 N–H and O–H groups in total. The molecule has 1 aliphatic rings.